The average Bonchev–Trinajstić information content (AvgIpc) is 3.08. The lowest BCUT2D eigenvalue weighted by Crippen LogP contribution is -2.51. The molecule has 0 radical (unpaired) electrons. The van der Waals surface area contributed by atoms with Crippen molar-refractivity contribution in [1.82, 2.24) is 9.97 Å². The molecule has 2 aromatic rings. The molecule has 0 saturated carbocycles. The summed E-state index contributed by atoms with van der Waals surface area (Å²) >= 11 is 1.31. The van der Waals surface area contributed by atoms with Crippen molar-refractivity contribution in [1.29, 1.82) is 0 Å². The number of hydrogen-bond acceptors (Lipinski definition) is 4. The van der Waals surface area contributed by atoms with Crippen LogP contribution in [-0.4, -0.2) is 35.4 Å². The van der Waals surface area contributed by atoms with Crippen molar-refractivity contribution in [2.45, 2.75) is 29.6 Å². The lowest BCUT2D eigenvalue weighted by atomic mass is 9.85. The fourth-order valence-electron chi connectivity index (χ4n) is 2.92. The Bertz CT molecular complexity index is 764. The number of alkyl halides is 6. The van der Waals surface area contributed by atoms with Crippen LogP contribution >= 0.6 is 11.8 Å². The summed E-state index contributed by atoms with van der Waals surface area (Å²) in [6, 6.07) is 9.43. The third-order valence-corrected chi connectivity index (χ3v) is 5.48. The van der Waals surface area contributed by atoms with Crippen molar-refractivity contribution in [3.8, 4) is 0 Å². The van der Waals surface area contributed by atoms with Crippen molar-refractivity contribution >= 4 is 17.6 Å². The van der Waals surface area contributed by atoms with Gasteiger partial charge >= 0.3 is 12.4 Å². The molecule has 2 heterocycles. The average molecular weight is 407 g/mol. The minimum atomic E-state index is -5.38. The summed E-state index contributed by atoms with van der Waals surface area (Å²) in [5.41, 5.74) is -2.72. The summed E-state index contributed by atoms with van der Waals surface area (Å²) in [7, 11) is 0. The fraction of sp³-hybridized carbons (Fsp3) is 0.412. The molecule has 1 aliphatic rings. The molecule has 1 saturated heterocycles. The molecule has 1 aromatic heterocycles. The summed E-state index contributed by atoms with van der Waals surface area (Å²) in [5.74, 6) is 0.581. The first-order valence-electron chi connectivity index (χ1n) is 8.00. The topological polar surface area (TPSA) is 29.0 Å². The van der Waals surface area contributed by atoms with Gasteiger partial charge in [-0.2, -0.15) is 26.3 Å². The number of thioether (sulfide) groups is 1. The van der Waals surface area contributed by atoms with Crippen LogP contribution < -0.4 is 4.90 Å². The molecule has 1 aliphatic heterocycles. The quantitative estimate of drug-likeness (QED) is 0.522. The van der Waals surface area contributed by atoms with Gasteiger partial charge in [0.05, 0.1) is 12.4 Å². The van der Waals surface area contributed by atoms with Gasteiger partial charge in [-0.1, -0.05) is 30.3 Å². The number of rotatable bonds is 4. The van der Waals surface area contributed by atoms with Crippen molar-refractivity contribution in [3.63, 3.8) is 0 Å². The van der Waals surface area contributed by atoms with E-state index in [1.807, 2.05) is 30.3 Å². The first-order chi connectivity index (χ1) is 12.6. The van der Waals surface area contributed by atoms with Crippen LogP contribution in [0.3, 0.4) is 0 Å². The van der Waals surface area contributed by atoms with Gasteiger partial charge in [0.2, 0.25) is 0 Å². The lowest BCUT2D eigenvalue weighted by Gasteiger charge is -2.33. The lowest BCUT2D eigenvalue weighted by molar-refractivity contribution is -0.332. The predicted octanol–water partition coefficient (Wildman–Crippen LogP) is 5.09. The highest BCUT2D eigenvalue weighted by Crippen LogP contribution is 2.55. The third kappa shape index (κ3) is 3.99. The molecular formula is C17H15F6N3S. The number of hydrogen-bond donors (Lipinski definition) is 0. The standard InChI is InChI=1S/C17H15F6N3S/c18-16(19,20)15(17(21,22)23)6-7-26(11-15)13-8-24-9-14(25-13)27-10-12-4-2-1-3-5-12/h1-5,8-9H,6-7,10-11H2. The zero-order chi connectivity index (χ0) is 19.7. The Morgan fingerprint density at radius 2 is 1.67 bits per heavy atom. The Labute approximate surface area is 155 Å². The summed E-state index contributed by atoms with van der Waals surface area (Å²) in [4.78, 5) is 9.12. The molecule has 146 valence electrons. The smallest absolute Gasteiger partial charge is 0.354 e. The summed E-state index contributed by atoms with van der Waals surface area (Å²) in [6.45, 7) is -1.60. The van der Waals surface area contributed by atoms with Crippen molar-refractivity contribution in [3.05, 3.63) is 48.3 Å². The van der Waals surface area contributed by atoms with E-state index in [-0.39, 0.29) is 12.4 Å². The Morgan fingerprint density at radius 3 is 2.26 bits per heavy atom. The number of anilines is 1. The van der Waals surface area contributed by atoms with E-state index < -0.39 is 30.7 Å². The Balaban J connectivity index is 1.76. The first kappa shape index (κ1) is 19.8. The number of halogens is 6. The monoisotopic (exact) mass is 407 g/mol. The van der Waals surface area contributed by atoms with Crippen LogP contribution in [0.15, 0.2) is 47.8 Å². The zero-order valence-electron chi connectivity index (χ0n) is 13.9. The van der Waals surface area contributed by atoms with E-state index in [0.717, 1.165) is 10.5 Å². The SMILES string of the molecule is FC(F)(F)C1(C(F)(F)F)CCN(c2cncc(SCc3ccccc3)n2)C1. The maximum absolute atomic E-state index is 13.2. The molecule has 1 aromatic carbocycles. The van der Waals surface area contributed by atoms with Crippen molar-refractivity contribution < 1.29 is 26.3 Å². The second kappa shape index (κ2) is 7.21. The highest BCUT2D eigenvalue weighted by Gasteiger charge is 2.72. The third-order valence-electron chi connectivity index (χ3n) is 4.51. The van der Waals surface area contributed by atoms with Crippen molar-refractivity contribution in [2.24, 2.45) is 5.41 Å². The van der Waals surface area contributed by atoms with Gasteiger partial charge in [0.1, 0.15) is 10.8 Å². The largest absolute Gasteiger partial charge is 0.404 e. The van der Waals surface area contributed by atoms with Crippen LogP contribution in [0.1, 0.15) is 12.0 Å². The molecule has 0 bridgehead atoms. The van der Waals surface area contributed by atoms with E-state index in [9.17, 15) is 26.3 Å². The number of aromatic nitrogens is 2. The minimum absolute atomic E-state index is 0.0171. The zero-order valence-corrected chi connectivity index (χ0v) is 14.7. The van der Waals surface area contributed by atoms with Crippen LogP contribution in [0.4, 0.5) is 32.2 Å². The van der Waals surface area contributed by atoms with E-state index in [0.29, 0.717) is 10.8 Å². The Kier molecular flexibility index (Phi) is 5.29. The molecule has 3 rings (SSSR count). The van der Waals surface area contributed by atoms with Crippen LogP contribution in [-0.2, 0) is 5.75 Å². The maximum atomic E-state index is 13.2. The highest BCUT2D eigenvalue weighted by molar-refractivity contribution is 7.98. The molecule has 3 nitrogen and oxygen atoms in total. The molecule has 0 unspecified atom stereocenters. The second-order valence-corrected chi connectivity index (χ2v) is 7.23. The molecule has 1 fully saturated rings. The van der Waals surface area contributed by atoms with E-state index in [2.05, 4.69) is 9.97 Å². The van der Waals surface area contributed by atoms with Crippen LogP contribution in [0.2, 0.25) is 0 Å². The van der Waals surface area contributed by atoms with E-state index in [1.54, 1.807) is 0 Å². The maximum Gasteiger partial charge on any atom is 0.404 e. The molecule has 10 heteroatoms. The molecule has 0 aliphatic carbocycles. The first-order valence-corrected chi connectivity index (χ1v) is 8.98. The normalized spacial score (nSPS) is 17.3. The highest BCUT2D eigenvalue weighted by atomic mass is 32.2. The molecular weight excluding hydrogens is 392 g/mol. The van der Waals surface area contributed by atoms with E-state index >= 15 is 0 Å². The van der Waals surface area contributed by atoms with Gasteiger partial charge in [-0.05, 0) is 12.0 Å². The number of benzene rings is 1. The van der Waals surface area contributed by atoms with Gasteiger partial charge in [-0.25, -0.2) is 4.98 Å². The number of nitrogens with zero attached hydrogens (tertiary/aromatic N) is 3. The predicted molar refractivity (Wildman–Crippen MR) is 89.4 cm³/mol. The van der Waals surface area contributed by atoms with Gasteiger partial charge in [-0.3, -0.25) is 4.98 Å². The van der Waals surface area contributed by atoms with Gasteiger partial charge in [0.25, 0.3) is 0 Å². The van der Waals surface area contributed by atoms with Crippen LogP contribution in [0, 0.1) is 5.41 Å². The fourth-order valence-corrected chi connectivity index (χ4v) is 3.72. The van der Waals surface area contributed by atoms with Gasteiger partial charge in [0, 0.05) is 18.8 Å². The summed E-state index contributed by atoms with van der Waals surface area (Å²) < 4.78 is 79.2. The van der Waals surface area contributed by atoms with Crippen LogP contribution in [0.25, 0.3) is 0 Å². The Hall–Kier alpha value is -1.97. The summed E-state index contributed by atoms with van der Waals surface area (Å²) in [5, 5.41) is 0.438. The molecule has 0 spiro atoms. The molecule has 0 N–H and O–H groups in total. The van der Waals surface area contributed by atoms with Gasteiger partial charge in [0.15, 0.2) is 5.41 Å². The van der Waals surface area contributed by atoms with E-state index in [4.69, 9.17) is 0 Å². The molecule has 0 amide bonds. The molecule has 27 heavy (non-hydrogen) atoms. The van der Waals surface area contributed by atoms with E-state index in [1.165, 1.54) is 24.2 Å². The second-order valence-electron chi connectivity index (χ2n) is 6.24. The molecule has 0 atom stereocenters. The Morgan fingerprint density at radius 1 is 1.00 bits per heavy atom. The van der Waals surface area contributed by atoms with Crippen LogP contribution in [0.5, 0.6) is 0 Å². The van der Waals surface area contributed by atoms with Gasteiger partial charge < -0.3 is 4.90 Å². The van der Waals surface area contributed by atoms with Crippen molar-refractivity contribution in [2.75, 3.05) is 18.0 Å². The minimum Gasteiger partial charge on any atom is -0.354 e. The summed E-state index contributed by atoms with van der Waals surface area (Å²) in [6.07, 6.45) is -9.19. The van der Waals surface area contributed by atoms with Gasteiger partial charge in [-0.15, -0.1) is 11.8 Å².